The molecule has 1 aliphatic heterocycles. The van der Waals surface area contributed by atoms with E-state index < -0.39 is 0 Å². The van der Waals surface area contributed by atoms with Crippen LogP contribution in [0.1, 0.15) is 66.2 Å². The lowest BCUT2D eigenvalue weighted by atomic mass is 10.1. The normalized spacial score (nSPS) is 12.6. The number of imide groups is 1. The molecule has 0 bridgehead atoms. The molecule has 0 aliphatic carbocycles. The van der Waals surface area contributed by atoms with Gasteiger partial charge in [0, 0.05) is 6.42 Å². The number of carbonyl (C=O) groups is 3. The highest BCUT2D eigenvalue weighted by Crippen LogP contribution is 2.21. The van der Waals surface area contributed by atoms with Crippen LogP contribution in [0.3, 0.4) is 0 Å². The van der Waals surface area contributed by atoms with Crippen molar-refractivity contribution in [1.82, 2.24) is 4.90 Å². The lowest BCUT2D eigenvalue weighted by molar-refractivity contribution is -0.145. The summed E-state index contributed by atoms with van der Waals surface area (Å²) in [7, 11) is 0. The quantitative estimate of drug-likeness (QED) is 0.0548. The Kier molecular flexibility index (Phi) is 29.8. The Balaban J connectivity index is 1.17. The van der Waals surface area contributed by atoms with Gasteiger partial charge in [0.05, 0.1) is 150 Å². The first-order valence-electron chi connectivity index (χ1n) is 19.0. The molecular formula is C38H63NO14. The first-order chi connectivity index (χ1) is 26.1. The molecule has 2 amide bonds. The summed E-state index contributed by atoms with van der Waals surface area (Å²) in [6.45, 7) is 11.5. The standard InChI is InChI=1S/C38H63NO14/c1-2-3-4-5-6-11-36(40)53-33-32-52-31-30-51-29-28-50-27-26-49-25-24-48-23-22-47-21-20-46-19-18-45-17-16-44-15-14-43-13-12-39-37(41)34-9-7-8-10-35(34)38(39)42/h7-10H,2-6,11-33H2,1H3. The van der Waals surface area contributed by atoms with Crippen molar-refractivity contribution in [3.8, 4) is 0 Å². The van der Waals surface area contributed by atoms with Gasteiger partial charge in [0.25, 0.3) is 11.8 Å². The van der Waals surface area contributed by atoms with Crippen molar-refractivity contribution in [2.75, 3.05) is 145 Å². The van der Waals surface area contributed by atoms with Crippen molar-refractivity contribution < 1.29 is 66.5 Å². The number of ether oxygens (including phenoxy) is 11. The molecule has 53 heavy (non-hydrogen) atoms. The molecule has 304 valence electrons. The number of hydrogen-bond acceptors (Lipinski definition) is 14. The van der Waals surface area contributed by atoms with Gasteiger partial charge in [-0.25, -0.2) is 0 Å². The Morgan fingerprint density at radius 2 is 0.774 bits per heavy atom. The van der Waals surface area contributed by atoms with Gasteiger partial charge in [-0.3, -0.25) is 19.3 Å². The van der Waals surface area contributed by atoms with Crippen LogP contribution < -0.4 is 0 Å². The zero-order valence-electron chi connectivity index (χ0n) is 31.8. The Labute approximate surface area is 315 Å². The van der Waals surface area contributed by atoms with Crippen LogP contribution in [-0.2, 0) is 56.9 Å². The van der Waals surface area contributed by atoms with Crippen LogP contribution in [0, 0.1) is 0 Å². The molecule has 0 unspecified atom stereocenters. The van der Waals surface area contributed by atoms with E-state index in [1.165, 1.54) is 24.2 Å². The maximum atomic E-state index is 12.3. The maximum absolute atomic E-state index is 12.3. The molecule has 1 heterocycles. The predicted molar refractivity (Wildman–Crippen MR) is 194 cm³/mol. The zero-order valence-corrected chi connectivity index (χ0v) is 31.8. The molecule has 0 N–H and O–H groups in total. The summed E-state index contributed by atoms with van der Waals surface area (Å²) in [5.41, 5.74) is 0.879. The fourth-order valence-electron chi connectivity index (χ4n) is 4.84. The van der Waals surface area contributed by atoms with E-state index in [1.807, 2.05) is 0 Å². The summed E-state index contributed by atoms with van der Waals surface area (Å²) in [6, 6.07) is 6.81. The number of benzene rings is 1. The highest BCUT2D eigenvalue weighted by Gasteiger charge is 2.34. The second kappa shape index (κ2) is 34.0. The van der Waals surface area contributed by atoms with Crippen LogP contribution >= 0.6 is 0 Å². The van der Waals surface area contributed by atoms with E-state index in [2.05, 4.69) is 6.92 Å². The highest BCUT2D eigenvalue weighted by molar-refractivity contribution is 6.21. The van der Waals surface area contributed by atoms with Crippen molar-refractivity contribution >= 4 is 17.8 Å². The zero-order chi connectivity index (χ0) is 37.9. The molecule has 1 aromatic carbocycles. The number of amides is 2. The van der Waals surface area contributed by atoms with E-state index in [0.29, 0.717) is 143 Å². The van der Waals surface area contributed by atoms with Crippen LogP contribution in [0.5, 0.6) is 0 Å². The minimum absolute atomic E-state index is 0.154. The summed E-state index contributed by atoms with van der Waals surface area (Å²) < 4.78 is 59.9. The smallest absolute Gasteiger partial charge is 0.305 e. The number of nitrogens with zero attached hydrogens (tertiary/aromatic N) is 1. The molecule has 15 nitrogen and oxygen atoms in total. The molecule has 0 saturated heterocycles. The van der Waals surface area contributed by atoms with Gasteiger partial charge >= 0.3 is 5.97 Å². The molecule has 0 atom stereocenters. The third kappa shape index (κ3) is 24.5. The van der Waals surface area contributed by atoms with Crippen LogP contribution in [0.2, 0.25) is 0 Å². The summed E-state index contributed by atoms with van der Waals surface area (Å²) in [4.78, 5) is 37.5. The Hall–Kier alpha value is -2.57. The van der Waals surface area contributed by atoms with Gasteiger partial charge in [-0.15, -0.1) is 0 Å². The van der Waals surface area contributed by atoms with Crippen molar-refractivity contribution in [3.05, 3.63) is 35.4 Å². The fraction of sp³-hybridized carbons (Fsp3) is 0.763. The van der Waals surface area contributed by atoms with Crippen molar-refractivity contribution in [1.29, 1.82) is 0 Å². The predicted octanol–water partition coefficient (Wildman–Crippen LogP) is 3.35. The summed E-state index contributed by atoms with van der Waals surface area (Å²) >= 11 is 0. The molecule has 2 rings (SSSR count). The van der Waals surface area contributed by atoms with E-state index in [9.17, 15) is 14.4 Å². The largest absolute Gasteiger partial charge is 0.463 e. The highest BCUT2D eigenvalue weighted by atomic mass is 16.6. The minimum atomic E-state index is -0.280. The maximum Gasteiger partial charge on any atom is 0.305 e. The first-order valence-corrected chi connectivity index (χ1v) is 19.0. The third-order valence-corrected chi connectivity index (χ3v) is 7.66. The number of hydrogen-bond donors (Lipinski definition) is 0. The van der Waals surface area contributed by atoms with E-state index in [0.717, 1.165) is 12.8 Å². The Morgan fingerprint density at radius 1 is 0.453 bits per heavy atom. The Morgan fingerprint density at radius 3 is 1.13 bits per heavy atom. The molecule has 0 aromatic heterocycles. The van der Waals surface area contributed by atoms with E-state index in [4.69, 9.17) is 52.1 Å². The van der Waals surface area contributed by atoms with Crippen molar-refractivity contribution in [2.24, 2.45) is 0 Å². The number of fused-ring (bicyclic) bond motifs is 1. The summed E-state index contributed by atoms with van der Waals surface area (Å²) in [5.74, 6) is -0.714. The lowest BCUT2D eigenvalue weighted by Gasteiger charge is -2.13. The van der Waals surface area contributed by atoms with Crippen molar-refractivity contribution in [3.63, 3.8) is 0 Å². The molecule has 1 aliphatic rings. The van der Waals surface area contributed by atoms with Crippen molar-refractivity contribution in [2.45, 2.75) is 45.4 Å². The van der Waals surface area contributed by atoms with E-state index >= 15 is 0 Å². The second-order valence-corrected chi connectivity index (χ2v) is 11.8. The topological polar surface area (TPSA) is 156 Å². The van der Waals surface area contributed by atoms with Gasteiger partial charge in [0.1, 0.15) is 6.61 Å². The van der Waals surface area contributed by atoms with Crippen LogP contribution in [0.4, 0.5) is 0 Å². The number of unbranched alkanes of at least 4 members (excludes halogenated alkanes) is 4. The molecule has 1 aromatic rings. The molecular weight excluding hydrogens is 694 g/mol. The summed E-state index contributed by atoms with van der Waals surface area (Å²) in [5, 5.41) is 0. The number of rotatable bonds is 39. The lowest BCUT2D eigenvalue weighted by Crippen LogP contribution is -2.33. The second-order valence-electron chi connectivity index (χ2n) is 11.8. The molecule has 0 radical (unpaired) electrons. The van der Waals surface area contributed by atoms with Gasteiger partial charge < -0.3 is 52.1 Å². The minimum Gasteiger partial charge on any atom is -0.463 e. The van der Waals surface area contributed by atoms with E-state index in [1.54, 1.807) is 24.3 Å². The number of carbonyl (C=O) groups excluding carboxylic acids is 3. The van der Waals surface area contributed by atoms with Crippen LogP contribution in [-0.4, -0.2) is 168 Å². The SMILES string of the molecule is CCCCCCCC(=O)OCCOCCOCCOCCOCCOCCOCCOCCOCCOCCOCCN1C(=O)c2ccccc2C1=O. The average Bonchev–Trinajstić information content (AvgIpc) is 3.41. The van der Waals surface area contributed by atoms with Gasteiger partial charge in [0.15, 0.2) is 0 Å². The molecule has 0 saturated carbocycles. The molecule has 0 fully saturated rings. The monoisotopic (exact) mass is 757 g/mol. The van der Waals surface area contributed by atoms with Gasteiger partial charge in [-0.1, -0.05) is 44.7 Å². The third-order valence-electron chi connectivity index (χ3n) is 7.66. The summed E-state index contributed by atoms with van der Waals surface area (Å²) in [6.07, 6.45) is 6.04. The van der Waals surface area contributed by atoms with Crippen LogP contribution in [0.15, 0.2) is 24.3 Å². The first kappa shape index (κ1) is 46.6. The Bertz CT molecular complexity index is 1030. The van der Waals surface area contributed by atoms with Gasteiger partial charge in [-0.05, 0) is 18.6 Å². The van der Waals surface area contributed by atoms with Gasteiger partial charge in [-0.2, -0.15) is 0 Å². The fourth-order valence-corrected chi connectivity index (χ4v) is 4.84. The van der Waals surface area contributed by atoms with Crippen LogP contribution in [0.25, 0.3) is 0 Å². The van der Waals surface area contributed by atoms with E-state index in [-0.39, 0.29) is 37.5 Å². The van der Waals surface area contributed by atoms with Gasteiger partial charge in [0.2, 0.25) is 0 Å². The molecule has 0 spiro atoms. The molecule has 15 heteroatoms. The number of esters is 1. The average molecular weight is 758 g/mol.